The van der Waals surface area contributed by atoms with Crippen molar-refractivity contribution in [2.75, 3.05) is 19.7 Å². The molecule has 1 saturated heterocycles. The number of carbonyl (C=O) groups excluding carboxylic acids is 1. The Morgan fingerprint density at radius 1 is 1.13 bits per heavy atom. The van der Waals surface area contributed by atoms with Gasteiger partial charge in [0.2, 0.25) is 10.0 Å². The van der Waals surface area contributed by atoms with Gasteiger partial charge in [0.05, 0.1) is 10.9 Å². The quantitative estimate of drug-likeness (QED) is 0.625. The first-order valence-electron chi connectivity index (χ1n) is 10.1. The molecule has 1 heterocycles. The van der Waals surface area contributed by atoms with E-state index in [4.69, 9.17) is 4.74 Å². The van der Waals surface area contributed by atoms with Crippen LogP contribution < -0.4 is 10.1 Å². The Hall–Kier alpha value is -1.90. The minimum Gasteiger partial charge on any atom is -0.484 e. The standard InChI is InChI=1S/C22H27BrN2O4S/c1-16-14-20(30(27,28)25-12-4-3-5-13-25)10-11-21(16)29-15-22(26)24-17(2)18-6-8-19(23)9-7-18/h6-11,14,17H,3-5,12-13,15H2,1-2H3,(H,24,26)/t17-/m0/s1. The van der Waals surface area contributed by atoms with E-state index < -0.39 is 10.0 Å². The molecule has 6 nitrogen and oxygen atoms in total. The molecule has 0 unspecified atom stereocenters. The van der Waals surface area contributed by atoms with Crippen LogP contribution in [0.5, 0.6) is 5.75 Å². The molecule has 0 aromatic heterocycles. The summed E-state index contributed by atoms with van der Waals surface area (Å²) in [6.07, 6.45) is 2.86. The van der Waals surface area contributed by atoms with Crippen molar-refractivity contribution in [2.24, 2.45) is 0 Å². The maximum Gasteiger partial charge on any atom is 0.258 e. The predicted molar refractivity (Wildman–Crippen MR) is 120 cm³/mol. The molecule has 1 aliphatic rings. The van der Waals surface area contributed by atoms with Gasteiger partial charge in [0.1, 0.15) is 5.75 Å². The lowest BCUT2D eigenvalue weighted by molar-refractivity contribution is -0.123. The summed E-state index contributed by atoms with van der Waals surface area (Å²) in [7, 11) is -3.49. The van der Waals surface area contributed by atoms with E-state index in [0.29, 0.717) is 24.4 Å². The van der Waals surface area contributed by atoms with E-state index in [1.165, 1.54) is 0 Å². The molecule has 1 atom stereocenters. The van der Waals surface area contributed by atoms with Gasteiger partial charge in [-0.2, -0.15) is 4.31 Å². The SMILES string of the molecule is Cc1cc(S(=O)(=O)N2CCCCC2)ccc1OCC(=O)N[C@@H](C)c1ccc(Br)cc1. The highest BCUT2D eigenvalue weighted by Crippen LogP contribution is 2.26. The van der Waals surface area contributed by atoms with Gasteiger partial charge in [0.15, 0.2) is 6.61 Å². The average Bonchev–Trinajstić information content (AvgIpc) is 2.73. The summed E-state index contributed by atoms with van der Waals surface area (Å²) in [6, 6.07) is 12.4. The van der Waals surface area contributed by atoms with Gasteiger partial charge < -0.3 is 10.1 Å². The molecule has 0 bridgehead atoms. The molecule has 1 N–H and O–H groups in total. The van der Waals surface area contributed by atoms with Crippen LogP contribution in [0.2, 0.25) is 0 Å². The lowest BCUT2D eigenvalue weighted by Crippen LogP contribution is -2.35. The Kier molecular flexibility index (Phi) is 7.55. The Labute approximate surface area is 186 Å². The van der Waals surface area contributed by atoms with E-state index >= 15 is 0 Å². The lowest BCUT2D eigenvalue weighted by atomic mass is 10.1. The summed E-state index contributed by atoms with van der Waals surface area (Å²) in [6.45, 7) is 4.69. The van der Waals surface area contributed by atoms with Gasteiger partial charge in [-0.25, -0.2) is 8.42 Å². The summed E-state index contributed by atoms with van der Waals surface area (Å²) in [5, 5.41) is 2.90. The second-order valence-electron chi connectivity index (χ2n) is 7.52. The number of piperidine rings is 1. The molecule has 30 heavy (non-hydrogen) atoms. The number of ether oxygens (including phenoxy) is 1. The van der Waals surface area contributed by atoms with E-state index in [2.05, 4.69) is 21.2 Å². The highest BCUT2D eigenvalue weighted by atomic mass is 79.9. The number of aryl methyl sites for hydroxylation is 1. The minimum atomic E-state index is -3.49. The van der Waals surface area contributed by atoms with E-state index in [1.54, 1.807) is 29.4 Å². The molecule has 2 aromatic carbocycles. The molecule has 162 valence electrons. The van der Waals surface area contributed by atoms with Crippen molar-refractivity contribution in [1.82, 2.24) is 9.62 Å². The second kappa shape index (κ2) is 9.94. The molecule has 0 radical (unpaired) electrons. The smallest absolute Gasteiger partial charge is 0.258 e. The zero-order chi connectivity index (χ0) is 21.7. The number of nitrogens with one attached hydrogen (secondary N) is 1. The summed E-state index contributed by atoms with van der Waals surface area (Å²) >= 11 is 3.39. The fraction of sp³-hybridized carbons (Fsp3) is 0.409. The summed E-state index contributed by atoms with van der Waals surface area (Å²) in [5.41, 5.74) is 1.68. The van der Waals surface area contributed by atoms with Gasteiger partial charge in [0, 0.05) is 17.6 Å². The average molecular weight is 495 g/mol. The maximum absolute atomic E-state index is 12.8. The fourth-order valence-corrected chi connectivity index (χ4v) is 5.33. The van der Waals surface area contributed by atoms with Crippen LogP contribution in [0.3, 0.4) is 0 Å². The third-order valence-corrected chi connectivity index (χ3v) is 7.63. The van der Waals surface area contributed by atoms with E-state index in [9.17, 15) is 13.2 Å². The fourth-order valence-electron chi connectivity index (χ4n) is 3.46. The van der Waals surface area contributed by atoms with Crippen molar-refractivity contribution >= 4 is 31.9 Å². The maximum atomic E-state index is 12.8. The number of rotatable bonds is 7. The Bertz CT molecular complexity index is 987. The third kappa shape index (κ3) is 5.62. The number of amides is 1. The second-order valence-corrected chi connectivity index (χ2v) is 10.4. The topological polar surface area (TPSA) is 75.7 Å². The molecule has 0 spiro atoms. The van der Waals surface area contributed by atoms with Gasteiger partial charge in [-0.15, -0.1) is 0 Å². The van der Waals surface area contributed by atoms with Crippen molar-refractivity contribution in [3.8, 4) is 5.75 Å². The van der Waals surface area contributed by atoms with Gasteiger partial charge >= 0.3 is 0 Å². The molecule has 8 heteroatoms. The molecular weight excluding hydrogens is 468 g/mol. The molecule has 1 aliphatic heterocycles. The van der Waals surface area contributed by atoms with Gasteiger partial charge in [0.25, 0.3) is 5.91 Å². The monoisotopic (exact) mass is 494 g/mol. The first-order chi connectivity index (χ1) is 14.3. The molecule has 1 fully saturated rings. The summed E-state index contributed by atoms with van der Waals surface area (Å²) in [5.74, 6) is 0.258. The molecule has 0 saturated carbocycles. The van der Waals surface area contributed by atoms with Crippen molar-refractivity contribution < 1.29 is 17.9 Å². The van der Waals surface area contributed by atoms with Crippen LogP contribution in [0.4, 0.5) is 0 Å². The zero-order valence-electron chi connectivity index (χ0n) is 17.2. The number of hydrogen-bond donors (Lipinski definition) is 1. The van der Waals surface area contributed by atoms with Crippen LogP contribution in [-0.4, -0.2) is 38.3 Å². The van der Waals surface area contributed by atoms with Crippen LogP contribution in [0.15, 0.2) is 51.8 Å². The first-order valence-corrected chi connectivity index (χ1v) is 12.3. The Balaban J connectivity index is 1.59. The van der Waals surface area contributed by atoms with Crippen molar-refractivity contribution in [3.05, 3.63) is 58.1 Å². The third-order valence-electron chi connectivity index (χ3n) is 5.21. The van der Waals surface area contributed by atoms with E-state index in [-0.39, 0.29) is 23.5 Å². The normalized spacial score (nSPS) is 16.1. The van der Waals surface area contributed by atoms with Crippen LogP contribution >= 0.6 is 15.9 Å². The van der Waals surface area contributed by atoms with Crippen LogP contribution in [0, 0.1) is 6.92 Å². The van der Waals surface area contributed by atoms with Gasteiger partial charge in [-0.1, -0.05) is 34.5 Å². The molecule has 3 rings (SSSR count). The van der Waals surface area contributed by atoms with Crippen LogP contribution in [0.25, 0.3) is 0 Å². The van der Waals surface area contributed by atoms with Crippen LogP contribution in [0.1, 0.15) is 43.4 Å². The largest absolute Gasteiger partial charge is 0.484 e. The van der Waals surface area contributed by atoms with E-state index in [0.717, 1.165) is 29.3 Å². The number of halogens is 1. The van der Waals surface area contributed by atoms with Gasteiger partial charge in [-0.05, 0) is 68.1 Å². The Morgan fingerprint density at radius 3 is 2.43 bits per heavy atom. The first kappa shape index (κ1) is 22.8. The summed E-state index contributed by atoms with van der Waals surface area (Å²) in [4.78, 5) is 12.5. The summed E-state index contributed by atoms with van der Waals surface area (Å²) < 4.78 is 33.8. The number of carbonyl (C=O) groups is 1. The van der Waals surface area contributed by atoms with E-state index in [1.807, 2.05) is 31.2 Å². The minimum absolute atomic E-state index is 0.139. The Morgan fingerprint density at radius 2 is 1.80 bits per heavy atom. The highest BCUT2D eigenvalue weighted by Gasteiger charge is 2.26. The molecule has 1 amide bonds. The molecule has 2 aromatic rings. The number of nitrogens with zero attached hydrogens (tertiary/aromatic N) is 1. The molecule has 0 aliphatic carbocycles. The predicted octanol–water partition coefficient (Wildman–Crippen LogP) is 4.19. The molecular formula is C22H27BrN2O4S. The van der Waals surface area contributed by atoms with Crippen molar-refractivity contribution in [1.29, 1.82) is 0 Å². The zero-order valence-corrected chi connectivity index (χ0v) is 19.6. The highest BCUT2D eigenvalue weighted by molar-refractivity contribution is 9.10. The van der Waals surface area contributed by atoms with Gasteiger partial charge in [-0.3, -0.25) is 4.79 Å². The number of sulfonamides is 1. The van der Waals surface area contributed by atoms with Crippen molar-refractivity contribution in [3.63, 3.8) is 0 Å². The lowest BCUT2D eigenvalue weighted by Gasteiger charge is -2.26. The van der Waals surface area contributed by atoms with Crippen molar-refractivity contribution in [2.45, 2.75) is 44.0 Å². The number of hydrogen-bond acceptors (Lipinski definition) is 4. The van der Waals surface area contributed by atoms with Crippen LogP contribution in [-0.2, 0) is 14.8 Å². The number of benzene rings is 2.